The van der Waals surface area contributed by atoms with Crippen molar-refractivity contribution < 1.29 is 31.8 Å². The summed E-state index contributed by atoms with van der Waals surface area (Å²) in [7, 11) is -3.81. The van der Waals surface area contributed by atoms with Crippen LogP contribution in [0.1, 0.15) is 29.8 Å². The van der Waals surface area contributed by atoms with Crippen LogP contribution in [-0.2, 0) is 37.3 Å². The average Bonchev–Trinajstić information content (AvgIpc) is 3.49. The Hall–Kier alpha value is -4.03. The van der Waals surface area contributed by atoms with Crippen LogP contribution in [0.2, 0.25) is 0 Å². The fourth-order valence-electron chi connectivity index (χ4n) is 4.08. The molecule has 39 heavy (non-hydrogen) atoms. The quantitative estimate of drug-likeness (QED) is 0.269. The lowest BCUT2D eigenvalue weighted by Gasteiger charge is -2.15. The Kier molecular flexibility index (Phi) is 7.75. The summed E-state index contributed by atoms with van der Waals surface area (Å²) >= 11 is 0. The maximum Gasteiger partial charge on any atom is 0.268 e. The van der Waals surface area contributed by atoms with E-state index in [9.17, 15) is 8.42 Å². The molecule has 1 fully saturated rings. The monoisotopic (exact) mass is 554 g/mol. The zero-order chi connectivity index (χ0) is 27.4. The van der Waals surface area contributed by atoms with E-state index < -0.39 is 33.4 Å². The van der Waals surface area contributed by atoms with Gasteiger partial charge in [-0.3, -0.25) is 0 Å². The standard InChI is InChI=1S/C27H27FN4O6S/c1-3-36-26-25-29-14-20(32(25)31-27(30-26)39(2,33)34)23-22(28)24(37-16-19-12-8-5-9-13-19)21(38-23)17-35-15-18-10-6-4-7-11-18/h4-14,17,22-24H,3,15-16H2,1-2H3/b21-17+/t22-,23-,24+/m0/s1. The van der Waals surface area contributed by atoms with Gasteiger partial charge in [0.05, 0.1) is 19.4 Å². The van der Waals surface area contributed by atoms with Gasteiger partial charge in [0.1, 0.15) is 18.6 Å². The summed E-state index contributed by atoms with van der Waals surface area (Å²) in [5, 5.41) is 3.63. The Morgan fingerprint density at radius 3 is 2.36 bits per heavy atom. The van der Waals surface area contributed by atoms with Gasteiger partial charge in [0, 0.05) is 6.26 Å². The second kappa shape index (κ2) is 11.4. The Morgan fingerprint density at radius 1 is 1.05 bits per heavy atom. The molecule has 5 rings (SSSR count). The van der Waals surface area contributed by atoms with Gasteiger partial charge >= 0.3 is 0 Å². The minimum Gasteiger partial charge on any atom is -0.493 e. The van der Waals surface area contributed by atoms with Crippen molar-refractivity contribution in [2.24, 2.45) is 0 Å². The summed E-state index contributed by atoms with van der Waals surface area (Å²) in [4.78, 5) is 8.25. The molecule has 0 spiro atoms. The van der Waals surface area contributed by atoms with Crippen molar-refractivity contribution in [2.45, 2.75) is 43.7 Å². The van der Waals surface area contributed by atoms with Gasteiger partial charge in [-0.05, 0) is 18.1 Å². The molecule has 1 aliphatic heterocycles. The maximum atomic E-state index is 16.0. The maximum absolute atomic E-state index is 16.0. The Bertz CT molecular complexity index is 1560. The summed E-state index contributed by atoms with van der Waals surface area (Å²) in [6.07, 6.45) is -0.322. The van der Waals surface area contributed by atoms with E-state index in [2.05, 4.69) is 15.1 Å². The Morgan fingerprint density at radius 2 is 1.72 bits per heavy atom. The number of imidazole rings is 1. The summed E-state index contributed by atoms with van der Waals surface area (Å²) in [5.74, 6) is 0.114. The normalized spacial score (nSPS) is 20.3. The molecule has 0 aliphatic carbocycles. The lowest BCUT2D eigenvalue weighted by Crippen LogP contribution is -2.25. The molecule has 3 atom stereocenters. The highest BCUT2D eigenvalue weighted by Gasteiger charge is 2.46. The van der Waals surface area contributed by atoms with Crippen LogP contribution in [0.15, 0.2) is 84.0 Å². The third kappa shape index (κ3) is 5.86. The Labute approximate surface area is 224 Å². The van der Waals surface area contributed by atoms with E-state index in [-0.39, 0.29) is 42.8 Å². The molecule has 10 nitrogen and oxygen atoms in total. The van der Waals surface area contributed by atoms with Crippen LogP contribution < -0.4 is 4.74 Å². The van der Waals surface area contributed by atoms with Crippen molar-refractivity contribution in [1.82, 2.24) is 19.6 Å². The highest BCUT2D eigenvalue weighted by atomic mass is 32.2. The van der Waals surface area contributed by atoms with Gasteiger partial charge in [-0.1, -0.05) is 60.7 Å². The number of hydrogen-bond acceptors (Lipinski definition) is 9. The molecule has 4 aromatic rings. The third-order valence-electron chi connectivity index (χ3n) is 5.93. The van der Waals surface area contributed by atoms with Crippen molar-refractivity contribution >= 4 is 15.5 Å². The van der Waals surface area contributed by atoms with Gasteiger partial charge in [0.25, 0.3) is 11.0 Å². The fraction of sp³-hybridized carbons (Fsp3) is 0.296. The molecule has 1 aliphatic rings. The minimum atomic E-state index is -3.81. The summed E-state index contributed by atoms with van der Waals surface area (Å²) in [6, 6.07) is 18.9. The van der Waals surface area contributed by atoms with Gasteiger partial charge in [-0.2, -0.15) is 4.98 Å². The van der Waals surface area contributed by atoms with Gasteiger partial charge in [0.2, 0.25) is 15.5 Å². The number of aromatic nitrogens is 4. The van der Waals surface area contributed by atoms with Crippen molar-refractivity contribution in [3.63, 3.8) is 0 Å². The average molecular weight is 555 g/mol. The number of fused-ring (bicyclic) bond motifs is 1. The van der Waals surface area contributed by atoms with E-state index in [4.69, 9.17) is 18.9 Å². The van der Waals surface area contributed by atoms with Crippen molar-refractivity contribution in [2.75, 3.05) is 12.9 Å². The first-order chi connectivity index (χ1) is 18.8. The van der Waals surface area contributed by atoms with Crippen LogP contribution in [0.25, 0.3) is 5.65 Å². The molecule has 0 amide bonds. The second-order valence-electron chi connectivity index (χ2n) is 8.84. The van der Waals surface area contributed by atoms with Crippen molar-refractivity contribution in [3.05, 3.63) is 95.7 Å². The van der Waals surface area contributed by atoms with Gasteiger partial charge in [0.15, 0.2) is 24.1 Å². The zero-order valence-corrected chi connectivity index (χ0v) is 22.1. The van der Waals surface area contributed by atoms with Crippen LogP contribution in [-0.4, -0.2) is 53.1 Å². The van der Waals surface area contributed by atoms with E-state index in [1.165, 1.54) is 17.0 Å². The van der Waals surface area contributed by atoms with E-state index in [0.717, 1.165) is 17.4 Å². The number of alkyl halides is 1. The van der Waals surface area contributed by atoms with Crippen molar-refractivity contribution in [3.8, 4) is 5.88 Å². The Balaban J connectivity index is 1.48. The second-order valence-corrected chi connectivity index (χ2v) is 10.7. The first-order valence-electron chi connectivity index (χ1n) is 12.3. The molecule has 3 heterocycles. The first kappa shape index (κ1) is 26.6. The largest absolute Gasteiger partial charge is 0.493 e. The number of benzene rings is 2. The smallest absolute Gasteiger partial charge is 0.268 e. The molecule has 0 bridgehead atoms. The molecule has 12 heteroatoms. The third-order valence-corrected chi connectivity index (χ3v) is 6.77. The number of halogens is 1. The summed E-state index contributed by atoms with van der Waals surface area (Å²) in [6.45, 7) is 2.32. The van der Waals surface area contributed by atoms with E-state index in [0.29, 0.717) is 0 Å². The number of rotatable bonds is 10. The van der Waals surface area contributed by atoms with E-state index >= 15 is 4.39 Å². The highest BCUT2D eigenvalue weighted by Crippen LogP contribution is 2.40. The fourth-order valence-corrected chi connectivity index (χ4v) is 4.56. The van der Waals surface area contributed by atoms with Gasteiger partial charge in [-0.15, -0.1) is 5.10 Å². The van der Waals surface area contributed by atoms with Gasteiger partial charge in [-0.25, -0.2) is 22.3 Å². The van der Waals surface area contributed by atoms with Crippen LogP contribution >= 0.6 is 0 Å². The molecule has 1 saturated heterocycles. The van der Waals surface area contributed by atoms with Crippen LogP contribution in [0.3, 0.4) is 0 Å². The molecule has 2 aromatic carbocycles. The van der Waals surface area contributed by atoms with Gasteiger partial charge < -0.3 is 18.9 Å². The van der Waals surface area contributed by atoms with E-state index in [1.54, 1.807) is 6.92 Å². The number of nitrogens with zero attached hydrogens (tertiary/aromatic N) is 4. The summed E-state index contributed by atoms with van der Waals surface area (Å²) in [5.41, 5.74) is 2.09. The molecule has 0 saturated carbocycles. The number of sulfone groups is 1. The topological polar surface area (TPSA) is 114 Å². The predicted molar refractivity (Wildman–Crippen MR) is 138 cm³/mol. The van der Waals surface area contributed by atoms with Crippen LogP contribution in [0, 0.1) is 0 Å². The SMILES string of the molecule is CCOc1nc(S(C)(=O)=O)nn2c([C@@H]3O/C(=C/OCc4ccccc4)[C@@H](OCc4ccccc4)[C@H]3F)cnc12. The molecular formula is C27H27FN4O6S. The lowest BCUT2D eigenvalue weighted by atomic mass is 10.1. The zero-order valence-electron chi connectivity index (χ0n) is 21.3. The minimum absolute atomic E-state index is 0.0357. The summed E-state index contributed by atoms with van der Waals surface area (Å²) < 4.78 is 64.9. The number of ether oxygens (including phenoxy) is 4. The molecule has 2 aromatic heterocycles. The highest BCUT2D eigenvalue weighted by molar-refractivity contribution is 7.90. The van der Waals surface area contributed by atoms with Crippen LogP contribution in [0.5, 0.6) is 5.88 Å². The first-order valence-corrected chi connectivity index (χ1v) is 14.1. The van der Waals surface area contributed by atoms with Crippen LogP contribution in [0.4, 0.5) is 4.39 Å². The predicted octanol–water partition coefficient (Wildman–Crippen LogP) is 3.98. The molecule has 0 N–H and O–H groups in total. The lowest BCUT2D eigenvalue weighted by molar-refractivity contribution is 0.0170. The van der Waals surface area contributed by atoms with E-state index in [1.807, 2.05) is 60.7 Å². The molecule has 0 radical (unpaired) electrons. The number of hydrogen-bond donors (Lipinski definition) is 0. The molecule has 204 valence electrons. The van der Waals surface area contributed by atoms with Crippen molar-refractivity contribution in [1.29, 1.82) is 0 Å². The molecule has 0 unspecified atom stereocenters. The molecular weight excluding hydrogens is 527 g/mol.